The van der Waals surface area contributed by atoms with Gasteiger partial charge in [0.2, 0.25) is 0 Å². The van der Waals surface area contributed by atoms with E-state index in [4.69, 9.17) is 15.6 Å². The molecule has 4 aromatic rings. The maximum atomic E-state index is 13.3. The molecule has 1 saturated heterocycles. The summed E-state index contributed by atoms with van der Waals surface area (Å²) in [5.74, 6) is 8.21. The van der Waals surface area contributed by atoms with Crippen LogP contribution in [0.25, 0.3) is 16.6 Å². The van der Waals surface area contributed by atoms with Crippen LogP contribution in [0, 0.1) is 5.92 Å². The van der Waals surface area contributed by atoms with Gasteiger partial charge in [-0.3, -0.25) is 30.5 Å². The summed E-state index contributed by atoms with van der Waals surface area (Å²) < 4.78 is 7.61. The largest absolute Gasteiger partial charge is 0.495 e. The average Bonchev–Trinajstić information content (AvgIpc) is 3.64. The zero-order chi connectivity index (χ0) is 30.2. The second-order valence-electron chi connectivity index (χ2n) is 11.3. The number of anilines is 1. The van der Waals surface area contributed by atoms with E-state index >= 15 is 0 Å². The molecule has 5 N–H and O–H groups in total. The number of para-hydroxylation sites is 1. The quantitative estimate of drug-likeness (QED) is 0.239. The first kappa shape index (κ1) is 27.7. The first-order valence-corrected chi connectivity index (χ1v) is 14.7. The predicted molar refractivity (Wildman–Crippen MR) is 171 cm³/mol. The van der Waals surface area contributed by atoms with Gasteiger partial charge in [-0.1, -0.05) is 24.3 Å². The molecule has 3 aliphatic heterocycles. The molecule has 44 heavy (non-hydrogen) atoms. The van der Waals surface area contributed by atoms with Crippen molar-refractivity contribution < 1.29 is 9.53 Å². The van der Waals surface area contributed by atoms with E-state index in [1.54, 1.807) is 12.1 Å². The summed E-state index contributed by atoms with van der Waals surface area (Å²) in [5.41, 5.74) is 13.2. The van der Waals surface area contributed by atoms with E-state index in [0.29, 0.717) is 17.1 Å². The molecule has 2 aromatic carbocycles. The lowest BCUT2D eigenvalue weighted by Crippen LogP contribution is -2.46. The van der Waals surface area contributed by atoms with E-state index in [2.05, 4.69) is 38.2 Å². The number of hydrogen-bond acceptors (Lipinski definition) is 9. The Morgan fingerprint density at radius 1 is 1.07 bits per heavy atom. The van der Waals surface area contributed by atoms with Crippen LogP contribution in [-0.2, 0) is 13.6 Å². The van der Waals surface area contributed by atoms with Gasteiger partial charge in [0.05, 0.1) is 30.4 Å². The Hall–Kier alpha value is -5.13. The minimum atomic E-state index is -0.212. The standard InChI is InChI=1S/C33H35N9O2/c1-40-27-6-4-3-5-23(27)17-28(40)33(43)37-25-8-7-24(18-29(25)44-2)30-31-26(38-39-30)19-36-32(42(31)34)22-11-15-41(16-12-22)20-21-9-13-35-14-10-21/h3-10,13-14,17-19,22,38-39H,11-12,15-16,20,34H2,1-2H3,(H,37,43). The van der Waals surface area contributed by atoms with Crippen molar-refractivity contribution in [2.75, 3.05) is 25.5 Å². The van der Waals surface area contributed by atoms with Crippen LogP contribution < -0.4 is 26.7 Å². The Bertz CT molecular complexity index is 1820. The molecule has 5 heterocycles. The molecule has 0 aliphatic carbocycles. The number of fused-ring (bicyclic) bond motifs is 2. The number of nitrogens with two attached hydrogens (primary N) is 1. The molecule has 0 spiro atoms. The first-order valence-electron chi connectivity index (χ1n) is 14.7. The van der Waals surface area contributed by atoms with Crippen LogP contribution >= 0.6 is 0 Å². The van der Waals surface area contributed by atoms with Crippen molar-refractivity contribution in [1.29, 1.82) is 0 Å². The summed E-state index contributed by atoms with van der Waals surface area (Å²) in [4.78, 5) is 24.6. The van der Waals surface area contributed by atoms with Crippen LogP contribution in [0.3, 0.4) is 0 Å². The number of amidine groups is 1. The van der Waals surface area contributed by atoms with Crippen molar-refractivity contribution in [3.05, 3.63) is 107 Å². The molecule has 0 saturated carbocycles. The molecule has 0 radical (unpaired) electrons. The molecule has 0 bridgehead atoms. The number of aromatic nitrogens is 2. The monoisotopic (exact) mass is 589 g/mol. The van der Waals surface area contributed by atoms with E-state index in [-0.39, 0.29) is 11.8 Å². The highest BCUT2D eigenvalue weighted by atomic mass is 16.5. The van der Waals surface area contributed by atoms with Crippen LogP contribution in [-0.4, -0.2) is 51.4 Å². The summed E-state index contributed by atoms with van der Waals surface area (Å²) >= 11 is 0. The number of aliphatic imine (C=N–C) groups is 1. The third-order valence-corrected chi connectivity index (χ3v) is 8.66. The predicted octanol–water partition coefficient (Wildman–Crippen LogP) is 3.95. The number of nitrogens with zero attached hydrogens (tertiary/aromatic N) is 5. The molecule has 1 fully saturated rings. The smallest absolute Gasteiger partial charge is 0.272 e. The third-order valence-electron chi connectivity index (χ3n) is 8.66. The molecule has 3 aliphatic rings. The third kappa shape index (κ3) is 5.06. The van der Waals surface area contributed by atoms with Gasteiger partial charge in [0.1, 0.15) is 23.0 Å². The van der Waals surface area contributed by atoms with E-state index in [1.165, 1.54) is 5.56 Å². The van der Waals surface area contributed by atoms with E-state index in [9.17, 15) is 4.79 Å². The maximum Gasteiger partial charge on any atom is 0.272 e. The topological polar surface area (TPSA) is 125 Å². The highest BCUT2D eigenvalue weighted by molar-refractivity contribution is 6.07. The molecule has 0 unspecified atom stereocenters. The number of rotatable bonds is 7. The minimum Gasteiger partial charge on any atom is -0.495 e. The minimum absolute atomic E-state index is 0.212. The van der Waals surface area contributed by atoms with Gasteiger partial charge in [-0.25, -0.2) is 10.8 Å². The fourth-order valence-corrected chi connectivity index (χ4v) is 6.28. The molecular formula is C33H35N9O2. The fraction of sp³-hybridized carbons (Fsp3) is 0.242. The van der Waals surface area contributed by atoms with Crippen LogP contribution in [0.15, 0.2) is 95.6 Å². The van der Waals surface area contributed by atoms with Gasteiger partial charge in [-0.15, -0.1) is 0 Å². The number of hydrazine groups is 2. The zero-order valence-corrected chi connectivity index (χ0v) is 24.7. The summed E-state index contributed by atoms with van der Waals surface area (Å²) in [7, 11) is 3.48. The van der Waals surface area contributed by atoms with Crippen molar-refractivity contribution in [3.63, 3.8) is 0 Å². The molecule has 224 valence electrons. The normalized spacial score (nSPS) is 17.1. The molecule has 11 nitrogen and oxygen atoms in total. The molecule has 2 aromatic heterocycles. The number of aryl methyl sites for hydroxylation is 1. The summed E-state index contributed by atoms with van der Waals surface area (Å²) in [6.45, 7) is 2.87. The maximum absolute atomic E-state index is 13.3. The summed E-state index contributed by atoms with van der Waals surface area (Å²) in [5, 5.41) is 5.74. The Morgan fingerprint density at radius 2 is 1.86 bits per heavy atom. The van der Waals surface area contributed by atoms with E-state index < -0.39 is 0 Å². The summed E-state index contributed by atoms with van der Waals surface area (Å²) in [6, 6.07) is 19.6. The van der Waals surface area contributed by atoms with E-state index in [0.717, 1.165) is 71.9 Å². The first-order chi connectivity index (χ1) is 21.5. The van der Waals surface area contributed by atoms with Crippen molar-refractivity contribution in [1.82, 2.24) is 30.3 Å². The lowest BCUT2D eigenvalue weighted by Gasteiger charge is -2.36. The molecule has 11 heteroatoms. The number of hydrogen-bond donors (Lipinski definition) is 4. The Labute approximate surface area is 255 Å². The zero-order valence-electron chi connectivity index (χ0n) is 24.7. The highest BCUT2D eigenvalue weighted by Crippen LogP contribution is 2.35. The molecule has 1 amide bonds. The molecule has 7 rings (SSSR count). The Kier molecular flexibility index (Phi) is 7.24. The van der Waals surface area contributed by atoms with Crippen molar-refractivity contribution in [3.8, 4) is 5.75 Å². The molecule has 0 atom stereocenters. The van der Waals surface area contributed by atoms with Crippen molar-refractivity contribution in [2.45, 2.75) is 19.4 Å². The van der Waals surface area contributed by atoms with Gasteiger partial charge < -0.3 is 14.6 Å². The van der Waals surface area contributed by atoms with Crippen LogP contribution in [0.4, 0.5) is 5.69 Å². The molecular weight excluding hydrogens is 554 g/mol. The lowest BCUT2D eigenvalue weighted by molar-refractivity contribution is 0.101. The fourth-order valence-electron chi connectivity index (χ4n) is 6.28. The van der Waals surface area contributed by atoms with Gasteiger partial charge >= 0.3 is 0 Å². The lowest BCUT2D eigenvalue weighted by atomic mass is 9.93. The van der Waals surface area contributed by atoms with Gasteiger partial charge in [0.15, 0.2) is 0 Å². The number of amides is 1. The second-order valence-corrected chi connectivity index (χ2v) is 11.3. The number of carbonyl (C=O) groups excluding carboxylic acids is 1. The number of carbonyl (C=O) groups is 1. The number of pyridine rings is 1. The Morgan fingerprint density at radius 3 is 2.64 bits per heavy atom. The van der Waals surface area contributed by atoms with Gasteiger partial charge in [-0.05, 0) is 67.9 Å². The number of piperidine rings is 1. The number of nitrogens with one attached hydrogen (secondary N) is 3. The second kappa shape index (κ2) is 11.5. The number of ether oxygens (including phenoxy) is 1. The van der Waals surface area contributed by atoms with Gasteiger partial charge in [0.25, 0.3) is 5.91 Å². The van der Waals surface area contributed by atoms with Gasteiger partial charge in [-0.2, -0.15) is 0 Å². The van der Waals surface area contributed by atoms with E-state index in [1.807, 2.05) is 78.7 Å². The average molecular weight is 590 g/mol. The highest BCUT2D eigenvalue weighted by Gasteiger charge is 2.34. The SMILES string of the molecule is COc1cc(C2=C3C(=CN=C(C4CCN(Cc5ccncc5)CC4)N3N)NN2)ccc1NC(=O)c1cc2ccccc2n1C. The van der Waals surface area contributed by atoms with Gasteiger partial charge in [0, 0.05) is 48.4 Å². The van der Waals surface area contributed by atoms with Crippen LogP contribution in [0.5, 0.6) is 5.75 Å². The van der Waals surface area contributed by atoms with Crippen LogP contribution in [0.2, 0.25) is 0 Å². The summed E-state index contributed by atoms with van der Waals surface area (Å²) in [6.07, 6.45) is 7.48. The van der Waals surface area contributed by atoms with Crippen molar-refractivity contribution >= 4 is 34.0 Å². The number of benzene rings is 2. The number of methoxy groups -OCH3 is 1. The van der Waals surface area contributed by atoms with Crippen LogP contribution in [0.1, 0.15) is 34.5 Å². The van der Waals surface area contributed by atoms with Crippen molar-refractivity contribution in [2.24, 2.45) is 23.8 Å². The Balaban J connectivity index is 1.08. The number of likely N-dealkylation sites (tertiary alicyclic amines) is 1.